The molecule has 0 aliphatic carbocycles. The van der Waals surface area contributed by atoms with Crippen molar-refractivity contribution in [1.82, 2.24) is 4.90 Å². The summed E-state index contributed by atoms with van der Waals surface area (Å²) in [6.07, 6.45) is 6.96. The second-order valence-corrected chi connectivity index (χ2v) is 4.13. The van der Waals surface area contributed by atoms with Gasteiger partial charge in [-0.1, -0.05) is 12.1 Å². The van der Waals surface area contributed by atoms with Gasteiger partial charge in [-0.15, -0.1) is 5.10 Å². The van der Waals surface area contributed by atoms with Crippen molar-refractivity contribution < 1.29 is 0 Å². The second-order valence-electron chi connectivity index (χ2n) is 4.13. The Bertz CT molecular complexity index is 226. The van der Waals surface area contributed by atoms with Gasteiger partial charge in [0.2, 0.25) is 0 Å². The summed E-state index contributed by atoms with van der Waals surface area (Å²) in [5, 5.41) is 6.69. The Kier molecular flexibility index (Phi) is 2.29. The van der Waals surface area contributed by atoms with E-state index >= 15 is 0 Å². The first kappa shape index (κ1) is 8.66. The monoisotopic (exact) mass is 180 g/mol. The highest BCUT2D eigenvalue weighted by Gasteiger charge is 2.38. The average Bonchev–Trinajstić information content (AvgIpc) is 2.44. The first-order chi connectivity index (χ1) is 6.33. The molecule has 0 radical (unpaired) electrons. The van der Waals surface area contributed by atoms with Crippen LogP contribution in [0.25, 0.3) is 0 Å². The van der Waals surface area contributed by atoms with Crippen LogP contribution in [0.15, 0.2) is 10.3 Å². The zero-order chi connectivity index (χ0) is 9.26. The molecular formula is C9H16N4. The van der Waals surface area contributed by atoms with Crippen molar-refractivity contribution in [2.45, 2.75) is 44.7 Å². The third-order valence-electron chi connectivity index (χ3n) is 3.46. The summed E-state index contributed by atoms with van der Waals surface area (Å²) < 4.78 is 0. The van der Waals surface area contributed by atoms with E-state index in [1.807, 2.05) is 0 Å². The van der Waals surface area contributed by atoms with Crippen molar-refractivity contribution in [3.05, 3.63) is 0 Å². The first-order valence-electron chi connectivity index (χ1n) is 5.00. The summed E-state index contributed by atoms with van der Waals surface area (Å²) in [7, 11) is 0. The van der Waals surface area contributed by atoms with E-state index in [1.165, 1.54) is 25.7 Å². The highest BCUT2D eigenvalue weighted by Crippen LogP contribution is 2.37. The fraction of sp³-hybridized carbons (Fsp3) is 0.889. The Balaban J connectivity index is 2.10. The molecule has 0 aromatic carbocycles. The zero-order valence-electron chi connectivity index (χ0n) is 7.98. The molecule has 0 saturated carbocycles. The third kappa shape index (κ3) is 1.45. The van der Waals surface area contributed by atoms with Gasteiger partial charge in [0.25, 0.3) is 0 Å². The van der Waals surface area contributed by atoms with Crippen LogP contribution in [0, 0.1) is 11.4 Å². The number of fused-ring (bicyclic) bond motifs is 2. The molecule has 72 valence electrons. The molecule has 0 amide bonds. The number of piperidine rings is 1. The minimum atomic E-state index is 0.657. The summed E-state index contributed by atoms with van der Waals surface area (Å²) >= 11 is 0. The summed E-state index contributed by atoms with van der Waals surface area (Å²) in [5.74, 6) is 0.774. The fourth-order valence-corrected chi connectivity index (χ4v) is 2.72. The van der Waals surface area contributed by atoms with E-state index in [0.29, 0.717) is 12.1 Å². The highest BCUT2D eigenvalue weighted by molar-refractivity contribution is 5.56. The predicted molar refractivity (Wildman–Crippen MR) is 50.7 cm³/mol. The van der Waals surface area contributed by atoms with Gasteiger partial charge in [-0.05, 0) is 31.6 Å². The van der Waals surface area contributed by atoms with Crippen LogP contribution in [0.2, 0.25) is 0 Å². The zero-order valence-corrected chi connectivity index (χ0v) is 7.98. The predicted octanol–water partition coefficient (Wildman–Crippen LogP) is 2.22. The molecule has 2 aliphatic heterocycles. The molecule has 3 unspecified atom stereocenters. The molecule has 2 fully saturated rings. The van der Waals surface area contributed by atoms with E-state index < -0.39 is 0 Å². The largest absolute Gasteiger partial charge is 0.355 e. The van der Waals surface area contributed by atoms with E-state index in [1.54, 1.807) is 6.34 Å². The van der Waals surface area contributed by atoms with Gasteiger partial charge in [-0.25, -0.2) is 0 Å². The molecule has 3 atom stereocenters. The summed E-state index contributed by atoms with van der Waals surface area (Å²) in [5.41, 5.74) is 6.62. The van der Waals surface area contributed by atoms with Gasteiger partial charge in [-0.2, -0.15) is 5.53 Å². The van der Waals surface area contributed by atoms with Gasteiger partial charge >= 0.3 is 0 Å². The van der Waals surface area contributed by atoms with Gasteiger partial charge in [-0.3, -0.25) is 0 Å². The number of hydrogen-bond acceptors (Lipinski definition) is 2. The summed E-state index contributed by atoms with van der Waals surface area (Å²) in [6, 6.07) is 1.33. The lowest BCUT2D eigenvalue weighted by atomic mass is 9.93. The molecule has 2 bridgehead atoms. The van der Waals surface area contributed by atoms with Gasteiger partial charge in [0.05, 0.1) is 0 Å². The van der Waals surface area contributed by atoms with Crippen LogP contribution in [0.5, 0.6) is 0 Å². The SMILES string of the molecule is CC1CCC2CCC1N2C=NN=N. The number of nitrogens with one attached hydrogen (secondary N) is 1. The minimum Gasteiger partial charge on any atom is -0.355 e. The van der Waals surface area contributed by atoms with Gasteiger partial charge in [0, 0.05) is 12.1 Å². The van der Waals surface area contributed by atoms with Crippen LogP contribution in [0.3, 0.4) is 0 Å². The van der Waals surface area contributed by atoms with E-state index in [0.717, 1.165) is 5.92 Å². The normalized spacial score (nSPS) is 38.5. The molecule has 13 heavy (non-hydrogen) atoms. The first-order valence-corrected chi connectivity index (χ1v) is 5.00. The fourth-order valence-electron chi connectivity index (χ4n) is 2.72. The summed E-state index contributed by atoms with van der Waals surface area (Å²) in [6.45, 7) is 2.31. The van der Waals surface area contributed by atoms with Crippen LogP contribution in [0.1, 0.15) is 32.6 Å². The topological polar surface area (TPSA) is 51.8 Å². The molecule has 2 aliphatic rings. The maximum Gasteiger partial charge on any atom is 0.116 e. The molecule has 2 heterocycles. The molecule has 0 spiro atoms. The molecule has 2 saturated heterocycles. The van der Waals surface area contributed by atoms with E-state index in [4.69, 9.17) is 5.53 Å². The molecule has 4 heteroatoms. The Hall–Kier alpha value is -0.930. The van der Waals surface area contributed by atoms with Crippen molar-refractivity contribution in [2.24, 2.45) is 16.2 Å². The molecule has 1 N–H and O–H groups in total. The second kappa shape index (κ2) is 3.44. The van der Waals surface area contributed by atoms with Crippen LogP contribution in [-0.4, -0.2) is 23.3 Å². The van der Waals surface area contributed by atoms with Crippen molar-refractivity contribution in [3.8, 4) is 0 Å². The highest BCUT2D eigenvalue weighted by atomic mass is 15.4. The van der Waals surface area contributed by atoms with Crippen molar-refractivity contribution in [3.63, 3.8) is 0 Å². The molecule has 0 aromatic rings. The average molecular weight is 180 g/mol. The van der Waals surface area contributed by atoms with Crippen molar-refractivity contribution >= 4 is 6.34 Å². The van der Waals surface area contributed by atoms with E-state index in [9.17, 15) is 0 Å². The Labute approximate surface area is 78.5 Å². The lowest BCUT2D eigenvalue weighted by Gasteiger charge is -2.36. The molecule has 2 rings (SSSR count). The minimum absolute atomic E-state index is 0.657. The van der Waals surface area contributed by atoms with Gasteiger partial charge < -0.3 is 4.90 Å². The number of rotatable bonds is 2. The molecule has 4 nitrogen and oxygen atoms in total. The van der Waals surface area contributed by atoms with Crippen molar-refractivity contribution in [2.75, 3.05) is 0 Å². The maximum atomic E-state index is 6.62. The Morgan fingerprint density at radius 2 is 2.08 bits per heavy atom. The Morgan fingerprint density at radius 3 is 2.85 bits per heavy atom. The van der Waals surface area contributed by atoms with Crippen molar-refractivity contribution in [1.29, 1.82) is 5.53 Å². The van der Waals surface area contributed by atoms with Crippen LogP contribution in [0.4, 0.5) is 0 Å². The van der Waals surface area contributed by atoms with Crippen LogP contribution < -0.4 is 0 Å². The maximum absolute atomic E-state index is 6.62. The lowest BCUT2D eigenvalue weighted by Crippen LogP contribution is -2.42. The molecule has 0 aromatic heterocycles. The number of hydrogen-bond donors (Lipinski definition) is 1. The standard InChI is InChI=1S/C9H16N4/c1-7-2-3-8-4-5-9(7)13(8)6-11-12-10/h6-10H,2-5H2,1H3. The van der Waals surface area contributed by atoms with Crippen LogP contribution in [-0.2, 0) is 0 Å². The van der Waals surface area contributed by atoms with Gasteiger partial charge in [0.15, 0.2) is 0 Å². The number of nitrogens with zero attached hydrogens (tertiary/aromatic N) is 3. The van der Waals surface area contributed by atoms with Gasteiger partial charge in [0.1, 0.15) is 6.34 Å². The third-order valence-corrected chi connectivity index (χ3v) is 3.46. The quantitative estimate of drug-likeness (QED) is 0.301. The smallest absolute Gasteiger partial charge is 0.116 e. The van der Waals surface area contributed by atoms with E-state index in [2.05, 4.69) is 22.1 Å². The lowest BCUT2D eigenvalue weighted by molar-refractivity contribution is 0.183. The van der Waals surface area contributed by atoms with Crippen LogP contribution >= 0.6 is 0 Å². The summed E-state index contributed by atoms with van der Waals surface area (Å²) in [4.78, 5) is 2.31. The molecular weight excluding hydrogens is 164 g/mol. The Morgan fingerprint density at radius 1 is 1.31 bits per heavy atom. The van der Waals surface area contributed by atoms with E-state index in [-0.39, 0.29) is 0 Å².